The van der Waals surface area contributed by atoms with Crippen LogP contribution in [-0.4, -0.2) is 68.8 Å². The maximum atomic E-state index is 14.4. The molecule has 2 aliphatic rings. The van der Waals surface area contributed by atoms with E-state index in [1.54, 1.807) is 18.2 Å². The van der Waals surface area contributed by atoms with Crippen LogP contribution >= 0.6 is 0 Å². The number of amides is 1. The standard InChI is InChI=1S/C30H38F2N2O4/c1-20(14-21-11-12-23(31)17-26(21)32)18-33(19-25-10-7-13-34(25)24-8-5-6-9-24)30(35)22-15-27(36-2)29(38-4)28(16-22)37-3/h11-12,14-17,24-25H,5-10,13,18-19H2,1-4H3/b20-14+/t25-/m0/s1. The predicted octanol–water partition coefficient (Wildman–Crippen LogP) is 5.94. The number of halogens is 2. The summed E-state index contributed by atoms with van der Waals surface area (Å²) >= 11 is 0. The van der Waals surface area contributed by atoms with Crippen LogP contribution in [0.2, 0.25) is 0 Å². The number of ether oxygens (including phenoxy) is 3. The van der Waals surface area contributed by atoms with Gasteiger partial charge in [0.25, 0.3) is 5.91 Å². The average molecular weight is 529 g/mol. The third-order valence-corrected chi connectivity index (χ3v) is 7.65. The highest BCUT2D eigenvalue weighted by Gasteiger charge is 2.34. The third kappa shape index (κ3) is 6.29. The highest BCUT2D eigenvalue weighted by Crippen LogP contribution is 2.39. The molecule has 8 heteroatoms. The molecule has 1 aliphatic heterocycles. The minimum atomic E-state index is -0.630. The van der Waals surface area contributed by atoms with Crippen molar-refractivity contribution in [3.05, 3.63) is 58.7 Å². The molecule has 38 heavy (non-hydrogen) atoms. The van der Waals surface area contributed by atoms with Crippen LogP contribution in [0.15, 0.2) is 35.9 Å². The van der Waals surface area contributed by atoms with Gasteiger partial charge in [-0.05, 0) is 63.4 Å². The fourth-order valence-corrected chi connectivity index (χ4v) is 5.86. The van der Waals surface area contributed by atoms with E-state index in [1.807, 2.05) is 11.8 Å². The summed E-state index contributed by atoms with van der Waals surface area (Å²) in [5, 5.41) is 0. The Morgan fingerprint density at radius 1 is 1.00 bits per heavy atom. The molecule has 1 amide bonds. The van der Waals surface area contributed by atoms with Crippen molar-refractivity contribution in [2.75, 3.05) is 41.0 Å². The van der Waals surface area contributed by atoms with E-state index in [2.05, 4.69) is 4.90 Å². The van der Waals surface area contributed by atoms with Crippen LogP contribution in [0.25, 0.3) is 6.08 Å². The topological polar surface area (TPSA) is 51.2 Å². The van der Waals surface area contributed by atoms with E-state index in [4.69, 9.17) is 14.2 Å². The molecular formula is C30H38F2N2O4. The van der Waals surface area contributed by atoms with E-state index in [-0.39, 0.29) is 17.5 Å². The molecule has 206 valence electrons. The Hall–Kier alpha value is -3.13. The molecule has 6 nitrogen and oxygen atoms in total. The van der Waals surface area contributed by atoms with Crippen molar-refractivity contribution in [1.29, 1.82) is 0 Å². The molecule has 1 heterocycles. The zero-order valence-corrected chi connectivity index (χ0v) is 22.8. The molecule has 0 radical (unpaired) electrons. The van der Waals surface area contributed by atoms with Gasteiger partial charge in [0.15, 0.2) is 11.5 Å². The van der Waals surface area contributed by atoms with Crippen molar-refractivity contribution in [1.82, 2.24) is 9.80 Å². The Kier molecular flexibility index (Phi) is 9.26. The van der Waals surface area contributed by atoms with Crippen molar-refractivity contribution in [3.63, 3.8) is 0 Å². The van der Waals surface area contributed by atoms with Crippen LogP contribution in [-0.2, 0) is 0 Å². The molecule has 0 N–H and O–H groups in total. The van der Waals surface area contributed by atoms with Crippen LogP contribution in [0.5, 0.6) is 17.2 Å². The smallest absolute Gasteiger partial charge is 0.254 e. The van der Waals surface area contributed by atoms with Crippen molar-refractivity contribution in [2.45, 2.75) is 57.5 Å². The van der Waals surface area contributed by atoms with Gasteiger partial charge in [0, 0.05) is 42.4 Å². The summed E-state index contributed by atoms with van der Waals surface area (Å²) in [5.41, 5.74) is 1.50. The van der Waals surface area contributed by atoms with Gasteiger partial charge in [-0.1, -0.05) is 24.5 Å². The lowest BCUT2D eigenvalue weighted by atomic mass is 10.1. The molecule has 2 fully saturated rings. The first-order valence-corrected chi connectivity index (χ1v) is 13.3. The van der Waals surface area contributed by atoms with E-state index in [1.165, 1.54) is 59.1 Å². The Morgan fingerprint density at radius 2 is 1.68 bits per heavy atom. The molecule has 0 aromatic heterocycles. The zero-order valence-electron chi connectivity index (χ0n) is 22.8. The molecule has 2 aromatic rings. The second kappa shape index (κ2) is 12.6. The van der Waals surface area contributed by atoms with Crippen LogP contribution < -0.4 is 14.2 Å². The lowest BCUT2D eigenvalue weighted by Gasteiger charge is -2.34. The maximum Gasteiger partial charge on any atom is 0.254 e. The SMILES string of the molecule is COc1cc(C(=O)N(C/C(C)=C/c2ccc(F)cc2F)C[C@@H]2CCCN2C2CCCC2)cc(OC)c1OC. The van der Waals surface area contributed by atoms with Gasteiger partial charge in [-0.15, -0.1) is 0 Å². The van der Waals surface area contributed by atoms with Gasteiger partial charge >= 0.3 is 0 Å². The predicted molar refractivity (Wildman–Crippen MR) is 144 cm³/mol. The summed E-state index contributed by atoms with van der Waals surface area (Å²) in [5.74, 6) is -0.188. The van der Waals surface area contributed by atoms with Gasteiger partial charge in [-0.3, -0.25) is 9.69 Å². The average Bonchev–Trinajstić information content (AvgIpc) is 3.60. The molecule has 1 aliphatic carbocycles. The maximum absolute atomic E-state index is 14.4. The van der Waals surface area contributed by atoms with Gasteiger partial charge in [0.2, 0.25) is 5.75 Å². The van der Waals surface area contributed by atoms with Crippen LogP contribution in [0, 0.1) is 11.6 Å². The normalized spacial score (nSPS) is 18.6. The quantitative estimate of drug-likeness (QED) is 0.382. The second-order valence-electron chi connectivity index (χ2n) is 10.2. The molecule has 1 atom stereocenters. The van der Waals surface area contributed by atoms with Crippen LogP contribution in [0.1, 0.15) is 61.4 Å². The minimum Gasteiger partial charge on any atom is -0.493 e. The number of hydrogen-bond acceptors (Lipinski definition) is 5. The van der Waals surface area contributed by atoms with E-state index in [9.17, 15) is 13.6 Å². The number of hydrogen-bond donors (Lipinski definition) is 0. The number of carbonyl (C=O) groups is 1. The Labute approximate surface area is 224 Å². The number of likely N-dealkylation sites (tertiary alicyclic amines) is 1. The number of nitrogens with zero attached hydrogens (tertiary/aromatic N) is 2. The number of methoxy groups -OCH3 is 3. The van der Waals surface area contributed by atoms with Gasteiger partial charge < -0.3 is 19.1 Å². The van der Waals surface area contributed by atoms with Crippen molar-refractivity contribution in [3.8, 4) is 17.2 Å². The van der Waals surface area contributed by atoms with Crippen LogP contribution in [0.4, 0.5) is 8.78 Å². The molecule has 0 unspecified atom stereocenters. The third-order valence-electron chi connectivity index (χ3n) is 7.65. The summed E-state index contributed by atoms with van der Waals surface area (Å²) in [6.07, 6.45) is 8.75. The van der Waals surface area contributed by atoms with Crippen molar-refractivity contribution >= 4 is 12.0 Å². The molecule has 4 rings (SSSR count). The van der Waals surface area contributed by atoms with Gasteiger partial charge in [0.1, 0.15) is 11.6 Å². The van der Waals surface area contributed by atoms with E-state index >= 15 is 0 Å². The van der Waals surface area contributed by atoms with Gasteiger partial charge in [-0.25, -0.2) is 8.78 Å². The fourth-order valence-electron chi connectivity index (χ4n) is 5.86. The first kappa shape index (κ1) is 27.9. The van der Waals surface area contributed by atoms with E-state index in [0.29, 0.717) is 41.9 Å². The van der Waals surface area contributed by atoms with Crippen LogP contribution in [0.3, 0.4) is 0 Å². The molecule has 2 aromatic carbocycles. The lowest BCUT2D eigenvalue weighted by molar-refractivity contribution is 0.0696. The fraction of sp³-hybridized carbons (Fsp3) is 0.500. The number of benzene rings is 2. The largest absolute Gasteiger partial charge is 0.493 e. The lowest BCUT2D eigenvalue weighted by Crippen LogP contribution is -2.46. The Balaban J connectivity index is 1.65. The van der Waals surface area contributed by atoms with Crippen molar-refractivity contribution < 1.29 is 27.8 Å². The summed E-state index contributed by atoms with van der Waals surface area (Å²) in [7, 11) is 4.56. The summed E-state index contributed by atoms with van der Waals surface area (Å²) in [4.78, 5) is 18.4. The van der Waals surface area contributed by atoms with Gasteiger partial charge in [-0.2, -0.15) is 0 Å². The number of carbonyl (C=O) groups excluding carboxylic acids is 1. The van der Waals surface area contributed by atoms with E-state index < -0.39 is 11.6 Å². The second-order valence-corrected chi connectivity index (χ2v) is 10.2. The molecular weight excluding hydrogens is 490 g/mol. The summed E-state index contributed by atoms with van der Waals surface area (Å²) in [6.45, 7) is 3.78. The summed E-state index contributed by atoms with van der Waals surface area (Å²) < 4.78 is 44.2. The Morgan fingerprint density at radius 3 is 2.29 bits per heavy atom. The van der Waals surface area contributed by atoms with Gasteiger partial charge in [0.05, 0.1) is 21.3 Å². The first-order valence-electron chi connectivity index (χ1n) is 13.3. The highest BCUT2D eigenvalue weighted by molar-refractivity contribution is 5.96. The first-order chi connectivity index (χ1) is 18.3. The summed E-state index contributed by atoms with van der Waals surface area (Å²) in [6, 6.07) is 7.69. The Bertz CT molecular complexity index is 1140. The molecule has 1 saturated carbocycles. The van der Waals surface area contributed by atoms with Crippen molar-refractivity contribution in [2.24, 2.45) is 0 Å². The molecule has 0 bridgehead atoms. The molecule has 1 saturated heterocycles. The highest BCUT2D eigenvalue weighted by atomic mass is 19.1. The monoisotopic (exact) mass is 528 g/mol. The number of rotatable bonds is 10. The molecule has 0 spiro atoms. The van der Waals surface area contributed by atoms with E-state index in [0.717, 1.165) is 31.0 Å². The minimum absolute atomic E-state index is 0.171. The zero-order chi connectivity index (χ0) is 27.2.